The number of Topliss-reactive ketones (excluding diaryl/α,β-unsaturated/α-hetero) is 1. The highest BCUT2D eigenvalue weighted by Crippen LogP contribution is 2.33. The van der Waals surface area contributed by atoms with Crippen LogP contribution >= 0.6 is 0 Å². The monoisotopic (exact) mass is 385 g/mol. The highest BCUT2D eigenvalue weighted by molar-refractivity contribution is 6.11. The number of nitrogens with one attached hydrogen (secondary N) is 1. The van der Waals surface area contributed by atoms with Gasteiger partial charge in [-0.25, -0.2) is 0 Å². The van der Waals surface area contributed by atoms with Crippen molar-refractivity contribution in [2.24, 2.45) is 0 Å². The number of carbonyl (C=O) groups is 2. The van der Waals surface area contributed by atoms with Gasteiger partial charge in [0, 0.05) is 24.8 Å². The highest BCUT2D eigenvalue weighted by Gasteiger charge is 2.21. The van der Waals surface area contributed by atoms with Gasteiger partial charge < -0.3 is 19.5 Å². The largest absolute Gasteiger partial charge is 0.497 e. The summed E-state index contributed by atoms with van der Waals surface area (Å²) in [6.45, 7) is 6.20. The molecule has 6 nitrogen and oxygen atoms in total. The molecule has 1 N–H and O–H groups in total. The summed E-state index contributed by atoms with van der Waals surface area (Å²) in [6, 6.07) is 10.6. The van der Waals surface area contributed by atoms with Gasteiger partial charge in [-0.15, -0.1) is 0 Å². The number of ether oxygens (including phenoxy) is 3. The van der Waals surface area contributed by atoms with Gasteiger partial charge >= 0.3 is 0 Å². The lowest BCUT2D eigenvalue weighted by Gasteiger charge is -2.19. The number of ketones is 1. The Labute approximate surface area is 165 Å². The molecule has 0 heterocycles. The molecule has 0 aliphatic rings. The van der Waals surface area contributed by atoms with Gasteiger partial charge in [0.05, 0.1) is 25.5 Å². The summed E-state index contributed by atoms with van der Waals surface area (Å²) in [5.41, 5.74) is 2.16. The third-order valence-corrected chi connectivity index (χ3v) is 4.35. The fourth-order valence-corrected chi connectivity index (χ4v) is 2.77. The summed E-state index contributed by atoms with van der Waals surface area (Å²) >= 11 is 0. The fourth-order valence-electron chi connectivity index (χ4n) is 2.77. The van der Waals surface area contributed by atoms with Gasteiger partial charge in [0.2, 0.25) is 0 Å². The maximum Gasteiger partial charge on any atom is 0.255 e. The second-order valence-corrected chi connectivity index (χ2v) is 7.39. The van der Waals surface area contributed by atoms with E-state index in [0.717, 1.165) is 5.56 Å². The zero-order valence-electron chi connectivity index (χ0n) is 17.2. The first-order chi connectivity index (χ1) is 13.2. The molecule has 2 aromatic carbocycles. The van der Waals surface area contributed by atoms with Crippen LogP contribution in [0.3, 0.4) is 0 Å². The number of rotatable bonds is 7. The van der Waals surface area contributed by atoms with Crippen LogP contribution in [0, 0.1) is 0 Å². The number of anilines is 1. The second-order valence-electron chi connectivity index (χ2n) is 7.39. The topological polar surface area (TPSA) is 73.9 Å². The molecule has 0 fully saturated rings. The van der Waals surface area contributed by atoms with Crippen molar-refractivity contribution >= 4 is 17.4 Å². The number of carbonyl (C=O) groups excluding carboxylic acids is 2. The van der Waals surface area contributed by atoms with Crippen molar-refractivity contribution in [2.45, 2.75) is 26.2 Å². The lowest BCUT2D eigenvalue weighted by molar-refractivity contribution is 0.0846. The molecule has 0 saturated heterocycles. The van der Waals surface area contributed by atoms with E-state index in [1.807, 2.05) is 12.1 Å². The van der Waals surface area contributed by atoms with E-state index in [0.29, 0.717) is 22.7 Å². The minimum atomic E-state index is -0.331. The summed E-state index contributed by atoms with van der Waals surface area (Å²) in [7, 11) is 4.39. The third kappa shape index (κ3) is 4.89. The molecule has 0 bridgehead atoms. The Balaban J connectivity index is 2.40. The average Bonchev–Trinajstić information content (AvgIpc) is 2.66. The van der Waals surface area contributed by atoms with Crippen molar-refractivity contribution in [1.82, 2.24) is 0 Å². The Kier molecular flexibility index (Phi) is 6.80. The standard InChI is InChI=1S/C22H27NO5/c1-22(2,3)15-9-7-14(8-10-15)21(25)23-17-11-16(27-5)12-19(28-6)20(17)18(24)13-26-4/h7-12H,13H2,1-6H3,(H,23,25). The van der Waals surface area contributed by atoms with Crippen LogP contribution in [0.1, 0.15) is 47.1 Å². The van der Waals surface area contributed by atoms with E-state index in [4.69, 9.17) is 14.2 Å². The Hall–Kier alpha value is -2.86. The predicted octanol–water partition coefficient (Wildman–Crippen LogP) is 4.08. The van der Waals surface area contributed by atoms with Crippen molar-refractivity contribution < 1.29 is 23.8 Å². The Morgan fingerprint density at radius 1 is 0.964 bits per heavy atom. The molecule has 2 rings (SSSR count). The maximum atomic E-state index is 12.8. The van der Waals surface area contributed by atoms with E-state index in [9.17, 15) is 9.59 Å². The van der Waals surface area contributed by atoms with Gasteiger partial charge in [-0.1, -0.05) is 32.9 Å². The molecule has 0 aliphatic heterocycles. The Bertz CT molecular complexity index is 850. The summed E-state index contributed by atoms with van der Waals surface area (Å²) in [6.07, 6.45) is 0. The molecule has 0 unspecified atom stereocenters. The van der Waals surface area contributed by atoms with Crippen molar-refractivity contribution in [3.05, 3.63) is 53.1 Å². The molecule has 0 spiro atoms. The number of hydrogen-bond acceptors (Lipinski definition) is 5. The SMILES string of the molecule is COCC(=O)c1c(NC(=O)c2ccc(C(C)(C)C)cc2)cc(OC)cc1OC. The van der Waals surface area contributed by atoms with E-state index in [1.54, 1.807) is 24.3 Å². The van der Waals surface area contributed by atoms with Gasteiger partial charge in [-0.2, -0.15) is 0 Å². The van der Waals surface area contributed by atoms with E-state index in [2.05, 4.69) is 26.1 Å². The second kappa shape index (κ2) is 8.89. The molecule has 28 heavy (non-hydrogen) atoms. The van der Waals surface area contributed by atoms with Crippen LogP contribution < -0.4 is 14.8 Å². The lowest BCUT2D eigenvalue weighted by atomic mass is 9.86. The molecule has 0 aromatic heterocycles. The number of amides is 1. The molecule has 0 aliphatic carbocycles. The smallest absolute Gasteiger partial charge is 0.255 e. The van der Waals surface area contributed by atoms with Crippen LogP contribution in [-0.2, 0) is 10.2 Å². The van der Waals surface area contributed by atoms with E-state index in [-0.39, 0.29) is 29.3 Å². The summed E-state index contributed by atoms with van der Waals surface area (Å²) in [4.78, 5) is 25.3. The highest BCUT2D eigenvalue weighted by atomic mass is 16.5. The Morgan fingerprint density at radius 3 is 2.11 bits per heavy atom. The summed E-state index contributed by atoms with van der Waals surface area (Å²) in [5, 5.41) is 2.80. The normalized spacial score (nSPS) is 11.1. The van der Waals surface area contributed by atoms with Crippen LogP contribution in [0.4, 0.5) is 5.69 Å². The zero-order chi connectivity index (χ0) is 20.9. The fraction of sp³-hybridized carbons (Fsp3) is 0.364. The molecule has 2 aromatic rings. The van der Waals surface area contributed by atoms with Crippen molar-refractivity contribution in [3.63, 3.8) is 0 Å². The number of methoxy groups -OCH3 is 3. The minimum absolute atomic E-state index is 0.00505. The number of benzene rings is 2. The van der Waals surface area contributed by atoms with E-state index in [1.165, 1.54) is 21.3 Å². The first-order valence-electron chi connectivity index (χ1n) is 8.91. The molecule has 6 heteroatoms. The summed E-state index contributed by atoms with van der Waals surface area (Å²) in [5.74, 6) is 0.131. The van der Waals surface area contributed by atoms with Crippen LogP contribution in [0.2, 0.25) is 0 Å². The lowest BCUT2D eigenvalue weighted by Crippen LogP contribution is -2.18. The Morgan fingerprint density at radius 2 is 1.61 bits per heavy atom. The molecule has 150 valence electrons. The maximum absolute atomic E-state index is 12.8. The first kappa shape index (κ1) is 21.4. The van der Waals surface area contributed by atoms with Gasteiger partial charge in [0.15, 0.2) is 5.78 Å². The van der Waals surface area contributed by atoms with E-state index >= 15 is 0 Å². The molecule has 0 atom stereocenters. The quantitative estimate of drug-likeness (QED) is 0.727. The first-order valence-corrected chi connectivity index (χ1v) is 8.91. The number of hydrogen-bond donors (Lipinski definition) is 1. The minimum Gasteiger partial charge on any atom is -0.497 e. The molecule has 1 amide bonds. The predicted molar refractivity (Wildman–Crippen MR) is 109 cm³/mol. The van der Waals surface area contributed by atoms with E-state index < -0.39 is 0 Å². The van der Waals surface area contributed by atoms with Gasteiger partial charge in [0.1, 0.15) is 18.1 Å². The van der Waals surface area contributed by atoms with Gasteiger partial charge in [-0.05, 0) is 23.1 Å². The van der Waals surface area contributed by atoms with Crippen LogP contribution in [0.25, 0.3) is 0 Å². The van der Waals surface area contributed by atoms with Crippen molar-refractivity contribution in [2.75, 3.05) is 33.3 Å². The third-order valence-electron chi connectivity index (χ3n) is 4.35. The van der Waals surface area contributed by atoms with Crippen molar-refractivity contribution in [3.8, 4) is 11.5 Å². The molecular formula is C22H27NO5. The molecule has 0 radical (unpaired) electrons. The van der Waals surface area contributed by atoms with Crippen LogP contribution in [0.5, 0.6) is 11.5 Å². The molecular weight excluding hydrogens is 358 g/mol. The van der Waals surface area contributed by atoms with Gasteiger partial charge in [0.25, 0.3) is 5.91 Å². The van der Waals surface area contributed by atoms with Crippen LogP contribution in [-0.4, -0.2) is 39.6 Å². The van der Waals surface area contributed by atoms with Crippen molar-refractivity contribution in [1.29, 1.82) is 0 Å². The zero-order valence-corrected chi connectivity index (χ0v) is 17.2. The summed E-state index contributed by atoms with van der Waals surface area (Å²) < 4.78 is 15.5. The van der Waals surface area contributed by atoms with Crippen LogP contribution in [0.15, 0.2) is 36.4 Å². The molecule has 0 saturated carbocycles. The average molecular weight is 385 g/mol. The van der Waals surface area contributed by atoms with Gasteiger partial charge in [-0.3, -0.25) is 9.59 Å².